The zero-order valence-corrected chi connectivity index (χ0v) is 15.0. The van der Waals surface area contributed by atoms with Crippen molar-refractivity contribution < 1.29 is 13.9 Å². The number of halogens is 1. The molecule has 0 saturated heterocycles. The Morgan fingerprint density at radius 3 is 2.71 bits per heavy atom. The highest BCUT2D eigenvalue weighted by Gasteiger charge is 2.10. The summed E-state index contributed by atoms with van der Waals surface area (Å²) in [7, 11) is 0. The van der Waals surface area contributed by atoms with Crippen LogP contribution in [0.1, 0.15) is 11.1 Å². The quantitative estimate of drug-likeness (QED) is 0.424. The van der Waals surface area contributed by atoms with E-state index in [4.69, 9.17) is 4.42 Å². The summed E-state index contributed by atoms with van der Waals surface area (Å²) in [5.41, 5.74) is 3.29. The van der Waals surface area contributed by atoms with Gasteiger partial charge in [-0.3, -0.25) is 4.98 Å². The lowest BCUT2D eigenvalue weighted by molar-refractivity contribution is 0.430. The number of aromatic hydroxyl groups is 1. The molecule has 4 aromatic rings. The third-order valence-electron chi connectivity index (χ3n) is 4.14. The van der Waals surface area contributed by atoms with Gasteiger partial charge in [0.1, 0.15) is 5.82 Å². The van der Waals surface area contributed by atoms with Crippen molar-refractivity contribution >= 4 is 34.2 Å². The molecule has 0 fully saturated rings. The molecule has 9 heteroatoms. The van der Waals surface area contributed by atoms with Gasteiger partial charge < -0.3 is 20.2 Å². The molecule has 0 radical (unpaired) electrons. The molecule has 0 amide bonds. The highest BCUT2D eigenvalue weighted by molar-refractivity contribution is 5.78. The van der Waals surface area contributed by atoms with Crippen molar-refractivity contribution in [3.63, 3.8) is 0 Å². The molecular formula is C19H16FN5O3. The van der Waals surface area contributed by atoms with Gasteiger partial charge in [0.15, 0.2) is 17.1 Å². The second kappa shape index (κ2) is 6.69. The third kappa shape index (κ3) is 3.37. The number of nitrogens with one attached hydrogen (secondary N) is 3. The summed E-state index contributed by atoms with van der Waals surface area (Å²) in [6.45, 7) is 3.40. The Bertz CT molecular complexity index is 1230. The maximum absolute atomic E-state index is 13.6. The summed E-state index contributed by atoms with van der Waals surface area (Å²) < 4.78 is 18.6. The second-order valence-corrected chi connectivity index (χ2v) is 6.33. The van der Waals surface area contributed by atoms with E-state index >= 15 is 0 Å². The summed E-state index contributed by atoms with van der Waals surface area (Å²) in [6, 6.07) is 7.98. The first-order valence-electron chi connectivity index (χ1n) is 8.39. The van der Waals surface area contributed by atoms with Crippen molar-refractivity contribution in [2.75, 3.05) is 10.6 Å². The lowest BCUT2D eigenvalue weighted by atomic mass is 10.2. The molecule has 28 heavy (non-hydrogen) atoms. The Labute approximate surface area is 158 Å². The number of aromatic amines is 1. The van der Waals surface area contributed by atoms with Gasteiger partial charge in [0, 0.05) is 29.2 Å². The van der Waals surface area contributed by atoms with Crippen LogP contribution in [0.15, 0.2) is 45.7 Å². The van der Waals surface area contributed by atoms with Crippen LogP contribution in [0.25, 0.3) is 11.1 Å². The van der Waals surface area contributed by atoms with E-state index in [1.807, 2.05) is 6.92 Å². The third-order valence-corrected chi connectivity index (χ3v) is 4.14. The number of nitrogens with zero attached hydrogens (tertiary/aromatic N) is 2. The summed E-state index contributed by atoms with van der Waals surface area (Å²) in [6.07, 6.45) is 1.63. The van der Waals surface area contributed by atoms with Gasteiger partial charge in [-0.15, -0.1) is 0 Å². The largest absolute Gasteiger partial charge is 0.505 e. The zero-order valence-electron chi connectivity index (χ0n) is 15.0. The van der Waals surface area contributed by atoms with Gasteiger partial charge in [-0.2, -0.15) is 4.98 Å². The minimum atomic E-state index is -0.662. The van der Waals surface area contributed by atoms with Crippen molar-refractivity contribution in [3.05, 3.63) is 64.0 Å². The smallest absolute Gasteiger partial charge is 0.417 e. The Morgan fingerprint density at radius 2 is 1.93 bits per heavy atom. The molecule has 8 nitrogen and oxygen atoms in total. The number of anilines is 4. The predicted molar refractivity (Wildman–Crippen MR) is 103 cm³/mol. The summed E-state index contributed by atoms with van der Waals surface area (Å²) in [4.78, 5) is 22.5. The van der Waals surface area contributed by atoms with Crippen LogP contribution in [0.4, 0.5) is 27.5 Å². The maximum Gasteiger partial charge on any atom is 0.417 e. The van der Waals surface area contributed by atoms with Crippen molar-refractivity contribution in [1.29, 1.82) is 0 Å². The molecule has 2 heterocycles. The molecule has 0 saturated carbocycles. The minimum Gasteiger partial charge on any atom is -0.505 e. The number of hydrogen-bond donors (Lipinski definition) is 4. The van der Waals surface area contributed by atoms with Crippen LogP contribution >= 0.6 is 0 Å². The molecule has 0 aliphatic rings. The average molecular weight is 381 g/mol. The number of benzene rings is 2. The van der Waals surface area contributed by atoms with E-state index in [1.165, 1.54) is 6.07 Å². The number of oxazole rings is 1. The lowest BCUT2D eigenvalue weighted by Crippen LogP contribution is -2.03. The van der Waals surface area contributed by atoms with Crippen LogP contribution in [-0.4, -0.2) is 20.1 Å². The molecule has 0 spiro atoms. The zero-order chi connectivity index (χ0) is 19.8. The number of phenols is 1. The molecule has 0 bridgehead atoms. The molecule has 2 aromatic carbocycles. The Hall–Kier alpha value is -3.88. The number of fused-ring (bicyclic) bond motifs is 1. The second-order valence-electron chi connectivity index (χ2n) is 6.33. The summed E-state index contributed by atoms with van der Waals surface area (Å²) in [5.74, 6) is -0.808. The number of phenolic OH excluding ortho intramolecular Hbond substituents is 1. The normalized spacial score (nSPS) is 11.0. The average Bonchev–Trinajstić information content (AvgIpc) is 3.02. The number of H-pyrrole nitrogens is 1. The molecular weight excluding hydrogens is 365 g/mol. The van der Waals surface area contributed by atoms with E-state index in [1.54, 1.807) is 37.4 Å². The fourth-order valence-corrected chi connectivity index (χ4v) is 2.75. The summed E-state index contributed by atoms with van der Waals surface area (Å²) >= 11 is 0. The standard InChI is InChI=1S/C19H16FN5O3/c1-9-5-12(7-14(26)16(9)20)23-18-21-8-10(2)17(25-18)22-11-3-4-15-13(6-11)24-19(27)28-15/h3-8,26H,1-2H3,(H,24,27)(H2,21,22,23,25). The monoisotopic (exact) mass is 381 g/mol. The van der Waals surface area contributed by atoms with Gasteiger partial charge in [0.2, 0.25) is 5.95 Å². The molecule has 4 rings (SSSR count). The molecule has 0 unspecified atom stereocenters. The van der Waals surface area contributed by atoms with Gasteiger partial charge in [-0.1, -0.05) is 0 Å². The van der Waals surface area contributed by atoms with Crippen LogP contribution in [0.5, 0.6) is 5.75 Å². The van der Waals surface area contributed by atoms with Gasteiger partial charge in [-0.05, 0) is 43.7 Å². The van der Waals surface area contributed by atoms with Crippen molar-refractivity contribution in [1.82, 2.24) is 15.0 Å². The van der Waals surface area contributed by atoms with E-state index in [0.717, 1.165) is 5.56 Å². The van der Waals surface area contributed by atoms with Gasteiger partial charge in [0.25, 0.3) is 0 Å². The van der Waals surface area contributed by atoms with Crippen LogP contribution in [0, 0.1) is 19.7 Å². The molecule has 4 N–H and O–H groups in total. The van der Waals surface area contributed by atoms with Crippen LogP contribution in [-0.2, 0) is 0 Å². The van der Waals surface area contributed by atoms with E-state index in [9.17, 15) is 14.3 Å². The Morgan fingerprint density at radius 1 is 1.11 bits per heavy atom. The van der Waals surface area contributed by atoms with Crippen LogP contribution in [0.2, 0.25) is 0 Å². The Kier molecular flexibility index (Phi) is 4.19. The lowest BCUT2D eigenvalue weighted by Gasteiger charge is -2.12. The molecule has 2 aromatic heterocycles. The minimum absolute atomic E-state index is 0.274. The molecule has 0 aliphatic heterocycles. The van der Waals surface area contributed by atoms with E-state index < -0.39 is 17.3 Å². The first-order valence-corrected chi connectivity index (χ1v) is 8.39. The first-order chi connectivity index (χ1) is 13.4. The van der Waals surface area contributed by atoms with E-state index in [2.05, 4.69) is 25.6 Å². The molecule has 0 aliphatic carbocycles. The fourth-order valence-electron chi connectivity index (χ4n) is 2.75. The Balaban J connectivity index is 1.62. The van der Waals surface area contributed by atoms with Gasteiger partial charge in [-0.25, -0.2) is 14.2 Å². The maximum atomic E-state index is 13.6. The van der Waals surface area contributed by atoms with Crippen LogP contribution < -0.4 is 16.4 Å². The topological polar surface area (TPSA) is 116 Å². The first kappa shape index (κ1) is 17.5. The number of hydrogen-bond acceptors (Lipinski definition) is 7. The van der Waals surface area contributed by atoms with Crippen LogP contribution in [0.3, 0.4) is 0 Å². The molecule has 142 valence electrons. The van der Waals surface area contributed by atoms with Crippen molar-refractivity contribution in [2.24, 2.45) is 0 Å². The van der Waals surface area contributed by atoms with E-state index in [0.29, 0.717) is 33.9 Å². The molecule has 0 atom stereocenters. The van der Waals surface area contributed by atoms with Crippen molar-refractivity contribution in [2.45, 2.75) is 13.8 Å². The summed E-state index contributed by atoms with van der Waals surface area (Å²) in [5, 5.41) is 15.8. The van der Waals surface area contributed by atoms with Gasteiger partial charge >= 0.3 is 5.76 Å². The SMILES string of the molecule is Cc1cnc(Nc2cc(C)c(F)c(O)c2)nc1Nc1ccc2oc(=O)[nH]c2c1. The van der Waals surface area contributed by atoms with Crippen molar-refractivity contribution in [3.8, 4) is 5.75 Å². The van der Waals surface area contributed by atoms with E-state index in [-0.39, 0.29) is 5.95 Å². The highest BCUT2D eigenvalue weighted by Crippen LogP contribution is 2.27. The number of aromatic nitrogens is 3. The number of aryl methyl sites for hydroxylation is 2. The van der Waals surface area contributed by atoms with Gasteiger partial charge in [0.05, 0.1) is 5.52 Å². The highest BCUT2D eigenvalue weighted by atomic mass is 19.1. The fraction of sp³-hybridized carbons (Fsp3) is 0.105. The number of rotatable bonds is 4. The predicted octanol–water partition coefficient (Wildman–Crippen LogP) is 3.86.